The lowest BCUT2D eigenvalue weighted by Gasteiger charge is -2.22. The van der Waals surface area contributed by atoms with Crippen LogP contribution in [-0.4, -0.2) is 55.6 Å². The van der Waals surface area contributed by atoms with E-state index >= 15 is 0 Å². The van der Waals surface area contributed by atoms with Crippen LogP contribution in [0.1, 0.15) is 20.3 Å². The van der Waals surface area contributed by atoms with Gasteiger partial charge in [-0.1, -0.05) is 0 Å². The molecule has 0 saturated carbocycles. The summed E-state index contributed by atoms with van der Waals surface area (Å²) in [5.41, 5.74) is 0. The minimum absolute atomic E-state index is 0.0650. The molecule has 1 fully saturated rings. The number of hydrogen-bond donors (Lipinski definition) is 2. The molecular formula is C9H18N2O5S. The fraction of sp³-hybridized carbons (Fsp3) is 0.889. The monoisotopic (exact) mass is 266 g/mol. The summed E-state index contributed by atoms with van der Waals surface area (Å²) < 4.78 is 32.2. The van der Waals surface area contributed by atoms with E-state index in [9.17, 15) is 13.2 Å². The molecule has 1 aliphatic heterocycles. The summed E-state index contributed by atoms with van der Waals surface area (Å²) in [4.78, 5) is 11.0. The second kappa shape index (κ2) is 5.30. The maximum atomic E-state index is 11.9. The van der Waals surface area contributed by atoms with Gasteiger partial charge in [-0.3, -0.25) is 4.79 Å². The van der Waals surface area contributed by atoms with E-state index in [0.29, 0.717) is 0 Å². The van der Waals surface area contributed by atoms with Gasteiger partial charge in [0.15, 0.2) is 0 Å². The molecule has 0 aromatic heterocycles. The predicted molar refractivity (Wildman–Crippen MR) is 60.7 cm³/mol. The molecule has 0 aromatic rings. The van der Waals surface area contributed by atoms with Crippen molar-refractivity contribution in [2.24, 2.45) is 0 Å². The molecule has 0 aromatic carbocycles. The maximum absolute atomic E-state index is 11.9. The minimum atomic E-state index is -3.77. The van der Waals surface area contributed by atoms with Crippen LogP contribution in [0.3, 0.4) is 0 Å². The van der Waals surface area contributed by atoms with Gasteiger partial charge in [-0.25, -0.2) is 0 Å². The Kier molecular flexibility index (Phi) is 4.48. The van der Waals surface area contributed by atoms with Crippen molar-refractivity contribution in [1.82, 2.24) is 9.03 Å². The van der Waals surface area contributed by atoms with Gasteiger partial charge in [-0.05, 0) is 13.8 Å². The number of ether oxygens (including phenoxy) is 1. The topological polar surface area (TPSA) is 95.9 Å². The van der Waals surface area contributed by atoms with Gasteiger partial charge in [0.2, 0.25) is 0 Å². The van der Waals surface area contributed by atoms with Crippen LogP contribution in [0.25, 0.3) is 0 Å². The van der Waals surface area contributed by atoms with Crippen molar-refractivity contribution in [2.45, 2.75) is 38.5 Å². The molecule has 0 spiro atoms. The molecule has 0 aliphatic carbocycles. The van der Waals surface area contributed by atoms with Gasteiger partial charge in [-0.2, -0.15) is 17.4 Å². The third-order valence-electron chi connectivity index (χ3n) is 2.53. The number of aliphatic carboxylic acids is 1. The molecule has 0 bridgehead atoms. The lowest BCUT2D eigenvalue weighted by Crippen LogP contribution is -2.48. The highest BCUT2D eigenvalue weighted by Gasteiger charge is 2.43. The number of rotatable bonds is 5. The van der Waals surface area contributed by atoms with E-state index in [0.717, 1.165) is 4.31 Å². The van der Waals surface area contributed by atoms with Crippen LogP contribution in [0.15, 0.2) is 0 Å². The van der Waals surface area contributed by atoms with Crippen molar-refractivity contribution >= 4 is 16.2 Å². The molecule has 1 aliphatic rings. The first kappa shape index (κ1) is 14.4. The van der Waals surface area contributed by atoms with E-state index in [4.69, 9.17) is 9.84 Å². The highest BCUT2D eigenvalue weighted by molar-refractivity contribution is 7.87. The third-order valence-corrected chi connectivity index (χ3v) is 4.32. The SMILES string of the molecule is COC1CC(C(=O)O)N(S(=O)(=O)NC(C)C)C1. The molecule has 7 nitrogen and oxygen atoms in total. The lowest BCUT2D eigenvalue weighted by molar-refractivity contribution is -0.140. The fourth-order valence-electron chi connectivity index (χ4n) is 1.80. The molecule has 1 saturated heterocycles. The molecule has 2 atom stereocenters. The lowest BCUT2D eigenvalue weighted by atomic mass is 10.2. The summed E-state index contributed by atoms with van der Waals surface area (Å²) in [6, 6.07) is -1.34. The molecule has 2 N–H and O–H groups in total. The Morgan fingerprint density at radius 1 is 1.53 bits per heavy atom. The van der Waals surface area contributed by atoms with E-state index in [-0.39, 0.29) is 25.1 Å². The number of nitrogens with one attached hydrogen (secondary N) is 1. The number of carbonyl (C=O) groups is 1. The third kappa shape index (κ3) is 3.38. The number of carboxylic acids is 1. The standard InChI is InChI=1S/C9H18N2O5S/c1-6(2)10-17(14,15)11-5-7(16-3)4-8(11)9(12)13/h6-8,10H,4-5H2,1-3H3,(H,12,13). The number of carboxylic acid groups (broad SMARTS) is 1. The Balaban J connectivity index is 2.90. The highest BCUT2D eigenvalue weighted by Crippen LogP contribution is 2.23. The zero-order chi connectivity index (χ0) is 13.2. The van der Waals surface area contributed by atoms with Gasteiger partial charge in [-0.15, -0.1) is 0 Å². The van der Waals surface area contributed by atoms with Gasteiger partial charge < -0.3 is 9.84 Å². The molecule has 17 heavy (non-hydrogen) atoms. The van der Waals surface area contributed by atoms with Crippen molar-refractivity contribution < 1.29 is 23.1 Å². The Morgan fingerprint density at radius 2 is 2.12 bits per heavy atom. The second-order valence-corrected chi connectivity index (χ2v) is 5.95. The van der Waals surface area contributed by atoms with Crippen LogP contribution in [0.5, 0.6) is 0 Å². The summed E-state index contributed by atoms with van der Waals surface area (Å²) in [6.07, 6.45) is -0.204. The average Bonchev–Trinajstić information content (AvgIpc) is 2.59. The van der Waals surface area contributed by atoms with Crippen molar-refractivity contribution in [3.63, 3.8) is 0 Å². The van der Waals surface area contributed by atoms with Crippen molar-refractivity contribution in [3.05, 3.63) is 0 Å². The highest BCUT2D eigenvalue weighted by atomic mass is 32.2. The van der Waals surface area contributed by atoms with Crippen molar-refractivity contribution in [3.8, 4) is 0 Å². The summed E-state index contributed by atoms with van der Waals surface area (Å²) >= 11 is 0. The van der Waals surface area contributed by atoms with E-state index in [1.807, 2.05) is 0 Å². The molecule has 100 valence electrons. The molecule has 8 heteroatoms. The van der Waals surface area contributed by atoms with Gasteiger partial charge in [0.1, 0.15) is 6.04 Å². The van der Waals surface area contributed by atoms with Crippen LogP contribution < -0.4 is 4.72 Å². The van der Waals surface area contributed by atoms with Gasteiger partial charge >= 0.3 is 5.97 Å². The number of nitrogens with zero attached hydrogens (tertiary/aromatic N) is 1. The average molecular weight is 266 g/mol. The summed E-state index contributed by atoms with van der Waals surface area (Å²) in [5, 5.41) is 9.00. The smallest absolute Gasteiger partial charge is 0.322 e. The molecule has 0 radical (unpaired) electrons. The molecule has 2 unspecified atom stereocenters. The van der Waals surface area contributed by atoms with Crippen molar-refractivity contribution in [1.29, 1.82) is 0 Å². The van der Waals surface area contributed by atoms with Crippen LogP contribution in [-0.2, 0) is 19.7 Å². The number of methoxy groups -OCH3 is 1. The molecule has 0 amide bonds. The van der Waals surface area contributed by atoms with Crippen LogP contribution in [0.4, 0.5) is 0 Å². The molecule has 1 heterocycles. The first-order chi connectivity index (χ1) is 7.77. The quantitative estimate of drug-likeness (QED) is 0.693. The largest absolute Gasteiger partial charge is 0.480 e. The summed E-state index contributed by atoms with van der Waals surface area (Å²) in [5.74, 6) is -1.15. The molecule has 1 rings (SSSR count). The first-order valence-corrected chi connectivity index (χ1v) is 6.76. The Morgan fingerprint density at radius 3 is 2.53 bits per heavy atom. The van der Waals surface area contributed by atoms with Crippen LogP contribution in [0.2, 0.25) is 0 Å². The Hall–Kier alpha value is -0.700. The van der Waals surface area contributed by atoms with E-state index in [1.54, 1.807) is 13.8 Å². The van der Waals surface area contributed by atoms with Gasteiger partial charge in [0.25, 0.3) is 10.2 Å². The molecular weight excluding hydrogens is 248 g/mol. The zero-order valence-electron chi connectivity index (χ0n) is 10.1. The normalized spacial score (nSPS) is 26.6. The zero-order valence-corrected chi connectivity index (χ0v) is 10.9. The van der Waals surface area contributed by atoms with Crippen molar-refractivity contribution in [2.75, 3.05) is 13.7 Å². The second-order valence-electron chi connectivity index (χ2n) is 4.29. The van der Waals surface area contributed by atoms with Gasteiger partial charge in [0, 0.05) is 26.1 Å². The van der Waals surface area contributed by atoms with Gasteiger partial charge in [0.05, 0.1) is 6.10 Å². The van der Waals surface area contributed by atoms with E-state index in [2.05, 4.69) is 4.72 Å². The van der Waals surface area contributed by atoms with Crippen LogP contribution in [0, 0.1) is 0 Å². The van der Waals surface area contributed by atoms with Crippen LogP contribution >= 0.6 is 0 Å². The Bertz CT molecular complexity index is 381. The van der Waals surface area contributed by atoms with E-state index in [1.165, 1.54) is 7.11 Å². The minimum Gasteiger partial charge on any atom is -0.480 e. The van der Waals surface area contributed by atoms with E-state index < -0.39 is 22.2 Å². The fourth-order valence-corrected chi connectivity index (χ4v) is 3.40. The summed E-state index contributed by atoms with van der Waals surface area (Å²) in [7, 11) is -2.33. The maximum Gasteiger partial charge on any atom is 0.322 e. The predicted octanol–water partition coefficient (Wildman–Crippen LogP) is -0.597. The first-order valence-electron chi connectivity index (χ1n) is 5.32. The number of hydrogen-bond acceptors (Lipinski definition) is 4. The Labute approximate surface area is 101 Å². The summed E-state index contributed by atoms with van der Waals surface area (Å²) in [6.45, 7) is 3.42.